The SMILES string of the molecule is COC(=O)C1=C(C)N=c2sc(=Cc3cccc4ccccc34)c(=O)n2C1c1ccc(Cl)c([N+](=O)[O-])c1. The molecule has 1 aromatic heterocycles. The standard InChI is InChI=1S/C26H18ClN3O5S/c1-14-22(25(32)35-2)23(17-10-11-19(27)20(12-17)30(33)34)29-24(31)21(36-26(29)28-14)13-16-8-5-7-15-6-3-4-9-18(15)16/h3-13,23H,1-2H3. The van der Waals surface area contributed by atoms with Crippen LogP contribution in [-0.2, 0) is 9.53 Å². The fraction of sp³-hybridized carbons (Fsp3) is 0.115. The monoisotopic (exact) mass is 519 g/mol. The molecule has 0 radical (unpaired) electrons. The lowest BCUT2D eigenvalue weighted by atomic mass is 9.95. The Balaban J connectivity index is 1.79. The zero-order valence-electron chi connectivity index (χ0n) is 19.1. The Bertz CT molecular complexity index is 1780. The number of methoxy groups -OCH3 is 1. The molecule has 1 atom stereocenters. The Labute approximate surface area is 213 Å². The van der Waals surface area contributed by atoms with Gasteiger partial charge < -0.3 is 4.74 Å². The molecule has 180 valence electrons. The predicted octanol–water partition coefficient (Wildman–Crippen LogP) is 4.12. The minimum absolute atomic E-state index is 0.0487. The third-order valence-corrected chi connectivity index (χ3v) is 7.32. The number of rotatable bonds is 4. The number of nitrogens with zero attached hydrogens (tertiary/aromatic N) is 3. The van der Waals surface area contributed by atoms with Crippen molar-refractivity contribution in [2.45, 2.75) is 13.0 Å². The molecule has 36 heavy (non-hydrogen) atoms. The molecule has 0 bridgehead atoms. The number of fused-ring (bicyclic) bond motifs is 2. The Morgan fingerprint density at radius 3 is 2.69 bits per heavy atom. The number of nitro benzene ring substituents is 1. The van der Waals surface area contributed by atoms with Crippen LogP contribution in [0, 0.1) is 10.1 Å². The van der Waals surface area contributed by atoms with Crippen LogP contribution in [0.25, 0.3) is 16.8 Å². The number of hydrogen-bond donors (Lipinski definition) is 0. The second kappa shape index (κ2) is 9.18. The summed E-state index contributed by atoms with van der Waals surface area (Å²) in [7, 11) is 1.23. The average Bonchev–Trinajstić information content (AvgIpc) is 3.17. The van der Waals surface area contributed by atoms with Gasteiger partial charge in [-0.1, -0.05) is 71.5 Å². The van der Waals surface area contributed by atoms with Gasteiger partial charge in [-0.3, -0.25) is 19.5 Å². The molecule has 1 aliphatic rings. The molecule has 1 aliphatic heterocycles. The van der Waals surface area contributed by atoms with E-state index in [2.05, 4.69) is 4.99 Å². The lowest BCUT2D eigenvalue weighted by Gasteiger charge is -2.24. The number of thiazole rings is 1. The van der Waals surface area contributed by atoms with Gasteiger partial charge in [0.25, 0.3) is 11.2 Å². The van der Waals surface area contributed by atoms with Gasteiger partial charge in [0.15, 0.2) is 4.80 Å². The van der Waals surface area contributed by atoms with E-state index in [9.17, 15) is 19.7 Å². The molecule has 2 heterocycles. The van der Waals surface area contributed by atoms with Crippen LogP contribution in [0.5, 0.6) is 0 Å². The molecule has 4 aromatic rings. The third kappa shape index (κ3) is 3.92. The van der Waals surface area contributed by atoms with Crippen molar-refractivity contribution in [1.29, 1.82) is 0 Å². The van der Waals surface area contributed by atoms with Crippen molar-refractivity contribution in [2.24, 2.45) is 4.99 Å². The first kappa shape index (κ1) is 23.7. The van der Waals surface area contributed by atoms with Gasteiger partial charge in [0.1, 0.15) is 5.02 Å². The van der Waals surface area contributed by atoms with Crippen molar-refractivity contribution < 1.29 is 14.5 Å². The predicted molar refractivity (Wildman–Crippen MR) is 138 cm³/mol. The molecular weight excluding hydrogens is 502 g/mol. The quantitative estimate of drug-likeness (QED) is 0.229. The van der Waals surface area contributed by atoms with Crippen LogP contribution in [0.2, 0.25) is 5.02 Å². The van der Waals surface area contributed by atoms with Crippen LogP contribution >= 0.6 is 22.9 Å². The zero-order chi connectivity index (χ0) is 25.6. The van der Waals surface area contributed by atoms with Crippen LogP contribution < -0.4 is 14.9 Å². The smallest absolute Gasteiger partial charge is 0.338 e. The summed E-state index contributed by atoms with van der Waals surface area (Å²) < 4.78 is 6.78. The Morgan fingerprint density at radius 2 is 1.94 bits per heavy atom. The normalized spacial score (nSPS) is 15.5. The number of hydrogen-bond acceptors (Lipinski definition) is 7. The van der Waals surface area contributed by atoms with E-state index in [1.165, 1.54) is 35.1 Å². The number of esters is 1. The molecule has 3 aromatic carbocycles. The fourth-order valence-corrected chi connectivity index (χ4v) is 5.59. The van der Waals surface area contributed by atoms with Gasteiger partial charge in [-0.2, -0.15) is 0 Å². The fourth-order valence-electron chi connectivity index (χ4n) is 4.37. The first-order chi connectivity index (χ1) is 17.3. The first-order valence-corrected chi connectivity index (χ1v) is 12.0. The van der Waals surface area contributed by atoms with Crippen molar-refractivity contribution in [1.82, 2.24) is 4.57 Å². The molecule has 5 rings (SSSR count). The van der Waals surface area contributed by atoms with E-state index in [-0.39, 0.29) is 21.8 Å². The summed E-state index contributed by atoms with van der Waals surface area (Å²) in [4.78, 5) is 42.4. The Morgan fingerprint density at radius 1 is 1.19 bits per heavy atom. The van der Waals surface area contributed by atoms with Gasteiger partial charge in [0, 0.05) is 6.07 Å². The van der Waals surface area contributed by atoms with E-state index in [0.29, 0.717) is 20.6 Å². The average molecular weight is 520 g/mol. The molecule has 0 spiro atoms. The largest absolute Gasteiger partial charge is 0.466 e. The summed E-state index contributed by atoms with van der Waals surface area (Å²) in [5.41, 5.74) is 0.995. The number of carbonyl (C=O) groups excluding carboxylic acids is 1. The van der Waals surface area contributed by atoms with Crippen molar-refractivity contribution in [2.75, 3.05) is 7.11 Å². The Hall–Kier alpha value is -4.08. The van der Waals surface area contributed by atoms with Gasteiger partial charge in [-0.15, -0.1) is 0 Å². The summed E-state index contributed by atoms with van der Waals surface area (Å²) in [5.74, 6) is -0.679. The maximum absolute atomic E-state index is 13.7. The molecule has 1 unspecified atom stereocenters. The van der Waals surface area contributed by atoms with Crippen LogP contribution in [0.15, 0.2) is 81.7 Å². The van der Waals surface area contributed by atoms with E-state index in [0.717, 1.165) is 16.3 Å². The van der Waals surface area contributed by atoms with Crippen molar-refractivity contribution in [3.63, 3.8) is 0 Å². The summed E-state index contributed by atoms with van der Waals surface area (Å²) in [6, 6.07) is 16.9. The summed E-state index contributed by atoms with van der Waals surface area (Å²) in [5, 5.41) is 13.5. The number of aromatic nitrogens is 1. The highest BCUT2D eigenvalue weighted by atomic mass is 35.5. The molecule has 10 heteroatoms. The molecular formula is C26H18ClN3O5S. The maximum atomic E-state index is 13.7. The highest BCUT2D eigenvalue weighted by Gasteiger charge is 2.34. The van der Waals surface area contributed by atoms with Gasteiger partial charge in [-0.05, 0) is 41.0 Å². The third-order valence-electron chi connectivity index (χ3n) is 6.02. The summed E-state index contributed by atoms with van der Waals surface area (Å²) >= 11 is 7.21. The van der Waals surface area contributed by atoms with E-state index in [1.54, 1.807) is 19.1 Å². The zero-order valence-corrected chi connectivity index (χ0v) is 20.7. The van der Waals surface area contributed by atoms with E-state index < -0.39 is 16.9 Å². The van der Waals surface area contributed by atoms with Crippen molar-refractivity contribution in [3.05, 3.63) is 118 Å². The first-order valence-electron chi connectivity index (χ1n) is 10.8. The van der Waals surface area contributed by atoms with Gasteiger partial charge in [0.05, 0.1) is 33.9 Å². The van der Waals surface area contributed by atoms with E-state index in [4.69, 9.17) is 16.3 Å². The molecule has 0 saturated carbocycles. The Kier molecular flexibility index (Phi) is 6.03. The number of carbonyl (C=O) groups is 1. The molecule has 0 amide bonds. The van der Waals surface area contributed by atoms with E-state index in [1.807, 2.05) is 42.5 Å². The lowest BCUT2D eigenvalue weighted by molar-refractivity contribution is -0.384. The summed E-state index contributed by atoms with van der Waals surface area (Å²) in [6.07, 6.45) is 1.80. The number of ether oxygens (including phenoxy) is 1. The second-order valence-corrected chi connectivity index (χ2v) is 9.53. The van der Waals surface area contributed by atoms with Gasteiger partial charge in [-0.25, -0.2) is 9.79 Å². The molecule has 0 saturated heterocycles. The van der Waals surface area contributed by atoms with Crippen molar-refractivity contribution in [3.8, 4) is 0 Å². The van der Waals surface area contributed by atoms with Crippen molar-refractivity contribution >= 4 is 51.4 Å². The molecule has 0 aliphatic carbocycles. The van der Waals surface area contributed by atoms with E-state index >= 15 is 0 Å². The minimum atomic E-state index is -0.973. The van der Waals surface area contributed by atoms with Crippen LogP contribution in [0.1, 0.15) is 24.1 Å². The second-order valence-electron chi connectivity index (χ2n) is 8.11. The molecule has 0 N–H and O–H groups in total. The topological polar surface area (TPSA) is 104 Å². The number of benzene rings is 3. The molecule has 8 nitrogen and oxygen atoms in total. The highest BCUT2D eigenvalue weighted by Crippen LogP contribution is 2.34. The minimum Gasteiger partial charge on any atom is -0.466 e. The number of halogens is 1. The lowest BCUT2D eigenvalue weighted by Crippen LogP contribution is -2.39. The van der Waals surface area contributed by atoms with Gasteiger partial charge >= 0.3 is 5.97 Å². The van der Waals surface area contributed by atoms with Crippen LogP contribution in [0.4, 0.5) is 5.69 Å². The maximum Gasteiger partial charge on any atom is 0.338 e. The number of allylic oxidation sites excluding steroid dienone is 1. The van der Waals surface area contributed by atoms with Crippen LogP contribution in [0.3, 0.4) is 0 Å². The van der Waals surface area contributed by atoms with Gasteiger partial charge in [0.2, 0.25) is 0 Å². The molecule has 0 fully saturated rings. The number of nitro groups is 1. The van der Waals surface area contributed by atoms with Crippen LogP contribution in [-0.4, -0.2) is 22.6 Å². The highest BCUT2D eigenvalue weighted by molar-refractivity contribution is 7.07. The summed E-state index contributed by atoms with van der Waals surface area (Å²) in [6.45, 7) is 1.64.